The molecule has 1 aromatic carbocycles. The van der Waals surface area contributed by atoms with Gasteiger partial charge in [0, 0.05) is 5.69 Å². The molecule has 0 saturated heterocycles. The highest BCUT2D eigenvalue weighted by Gasteiger charge is 2.18. The van der Waals surface area contributed by atoms with Gasteiger partial charge in [-0.1, -0.05) is 17.8 Å². The van der Waals surface area contributed by atoms with E-state index in [9.17, 15) is 4.79 Å². The largest absolute Gasteiger partial charge is 0.368 e. The number of thioether (sulfide) groups is 1. The van der Waals surface area contributed by atoms with Crippen LogP contribution in [-0.4, -0.2) is 26.1 Å². The standard InChI is InChI=1S/C15H18N6OS/c1-8(23-15-20-13(16)19-14(17)21-15)12(22)18-11-6-5-9-3-2-4-10(9)7-11/h5-8H,2-4H2,1H3,(H,18,22)(H4,16,17,19,20,21). The maximum atomic E-state index is 12.3. The number of rotatable bonds is 4. The third-order valence-electron chi connectivity index (χ3n) is 3.67. The van der Waals surface area contributed by atoms with Gasteiger partial charge in [0.2, 0.25) is 17.8 Å². The van der Waals surface area contributed by atoms with Gasteiger partial charge >= 0.3 is 0 Å². The summed E-state index contributed by atoms with van der Waals surface area (Å²) in [5.41, 5.74) is 14.6. The second-order valence-corrected chi connectivity index (χ2v) is 6.73. The van der Waals surface area contributed by atoms with Crippen molar-refractivity contribution in [1.82, 2.24) is 15.0 Å². The summed E-state index contributed by atoms with van der Waals surface area (Å²) in [6.07, 6.45) is 3.38. The highest BCUT2D eigenvalue weighted by atomic mass is 32.2. The topological polar surface area (TPSA) is 120 Å². The third-order valence-corrected chi connectivity index (χ3v) is 4.63. The molecule has 0 spiro atoms. The van der Waals surface area contributed by atoms with Crippen LogP contribution in [-0.2, 0) is 17.6 Å². The summed E-state index contributed by atoms with van der Waals surface area (Å²) in [5.74, 6) is -0.0250. The van der Waals surface area contributed by atoms with Crippen LogP contribution in [0.5, 0.6) is 0 Å². The van der Waals surface area contributed by atoms with Crippen molar-refractivity contribution in [3.8, 4) is 0 Å². The van der Waals surface area contributed by atoms with Crippen LogP contribution in [0.1, 0.15) is 24.5 Å². The van der Waals surface area contributed by atoms with Gasteiger partial charge in [-0.15, -0.1) is 0 Å². The number of nitrogen functional groups attached to an aromatic ring is 2. The number of carbonyl (C=O) groups excluding carboxylic acids is 1. The summed E-state index contributed by atoms with van der Waals surface area (Å²) in [5, 5.41) is 2.88. The minimum atomic E-state index is -0.385. The number of anilines is 3. The van der Waals surface area contributed by atoms with Crippen LogP contribution < -0.4 is 16.8 Å². The Labute approximate surface area is 138 Å². The quantitative estimate of drug-likeness (QED) is 0.729. The second kappa shape index (κ2) is 6.41. The zero-order valence-corrected chi connectivity index (χ0v) is 13.6. The number of benzene rings is 1. The van der Waals surface area contributed by atoms with Crippen molar-refractivity contribution in [2.75, 3.05) is 16.8 Å². The van der Waals surface area contributed by atoms with Crippen LogP contribution in [0.2, 0.25) is 0 Å². The Morgan fingerprint density at radius 3 is 2.61 bits per heavy atom. The normalized spacial score (nSPS) is 14.3. The van der Waals surface area contributed by atoms with Crippen molar-refractivity contribution < 1.29 is 4.79 Å². The fraction of sp³-hybridized carbons (Fsp3) is 0.333. The maximum absolute atomic E-state index is 12.3. The van der Waals surface area contributed by atoms with Crippen molar-refractivity contribution >= 4 is 35.3 Å². The van der Waals surface area contributed by atoms with Crippen LogP contribution in [0.4, 0.5) is 17.6 Å². The smallest absolute Gasteiger partial charge is 0.237 e. The van der Waals surface area contributed by atoms with Gasteiger partial charge in [0.25, 0.3) is 0 Å². The lowest BCUT2D eigenvalue weighted by molar-refractivity contribution is -0.115. The van der Waals surface area contributed by atoms with Gasteiger partial charge in [0.1, 0.15) is 0 Å². The van der Waals surface area contributed by atoms with E-state index in [1.165, 1.54) is 29.3 Å². The molecule has 0 bridgehead atoms. The number of amides is 1. The van der Waals surface area contributed by atoms with E-state index in [-0.39, 0.29) is 23.1 Å². The number of aromatic nitrogens is 3. The molecule has 1 amide bonds. The van der Waals surface area contributed by atoms with Crippen molar-refractivity contribution in [1.29, 1.82) is 0 Å². The molecule has 2 aromatic rings. The molecule has 1 aliphatic rings. The fourth-order valence-electron chi connectivity index (χ4n) is 2.55. The Morgan fingerprint density at radius 1 is 1.17 bits per heavy atom. The lowest BCUT2D eigenvalue weighted by atomic mass is 10.1. The van der Waals surface area contributed by atoms with Crippen molar-refractivity contribution in [3.05, 3.63) is 29.3 Å². The molecule has 0 radical (unpaired) electrons. The van der Waals surface area contributed by atoms with E-state index in [1.54, 1.807) is 6.92 Å². The lowest BCUT2D eigenvalue weighted by Gasteiger charge is -2.12. The Balaban J connectivity index is 1.65. The van der Waals surface area contributed by atoms with E-state index in [0.29, 0.717) is 5.16 Å². The molecular weight excluding hydrogens is 312 g/mol. The summed E-state index contributed by atoms with van der Waals surface area (Å²) in [6.45, 7) is 1.78. The highest BCUT2D eigenvalue weighted by molar-refractivity contribution is 8.00. The molecule has 1 heterocycles. The molecule has 5 N–H and O–H groups in total. The zero-order chi connectivity index (χ0) is 16.4. The first-order chi connectivity index (χ1) is 11.0. The SMILES string of the molecule is CC(Sc1nc(N)nc(N)n1)C(=O)Nc1ccc2c(c1)CCC2. The lowest BCUT2D eigenvalue weighted by Crippen LogP contribution is -2.23. The van der Waals surface area contributed by atoms with Crippen LogP contribution in [0, 0.1) is 0 Å². The number of hydrogen-bond acceptors (Lipinski definition) is 7. The van der Waals surface area contributed by atoms with E-state index >= 15 is 0 Å². The van der Waals surface area contributed by atoms with Gasteiger partial charge < -0.3 is 16.8 Å². The first-order valence-electron chi connectivity index (χ1n) is 7.37. The van der Waals surface area contributed by atoms with Gasteiger partial charge in [-0.3, -0.25) is 4.79 Å². The summed E-state index contributed by atoms with van der Waals surface area (Å²) in [6, 6.07) is 6.08. The first-order valence-corrected chi connectivity index (χ1v) is 8.25. The summed E-state index contributed by atoms with van der Waals surface area (Å²) < 4.78 is 0. The molecule has 1 aromatic heterocycles. The van der Waals surface area contributed by atoms with Crippen LogP contribution in [0.15, 0.2) is 23.4 Å². The molecule has 0 saturated carbocycles. The van der Waals surface area contributed by atoms with Crippen molar-refractivity contribution in [3.63, 3.8) is 0 Å². The maximum Gasteiger partial charge on any atom is 0.237 e. The first kappa shape index (κ1) is 15.5. The average Bonchev–Trinajstić information content (AvgIpc) is 2.93. The van der Waals surface area contributed by atoms with Crippen LogP contribution in [0.3, 0.4) is 0 Å². The third kappa shape index (κ3) is 3.70. The number of nitrogens with zero attached hydrogens (tertiary/aromatic N) is 3. The predicted molar refractivity (Wildman–Crippen MR) is 91.1 cm³/mol. The van der Waals surface area contributed by atoms with Gasteiger partial charge in [-0.2, -0.15) is 15.0 Å². The fourth-order valence-corrected chi connectivity index (χ4v) is 3.32. The number of aryl methyl sites for hydroxylation is 2. The van der Waals surface area contributed by atoms with E-state index in [2.05, 4.69) is 32.4 Å². The van der Waals surface area contributed by atoms with E-state index in [0.717, 1.165) is 18.5 Å². The molecule has 3 rings (SSSR count). The molecule has 0 aliphatic heterocycles. The van der Waals surface area contributed by atoms with E-state index in [4.69, 9.17) is 11.5 Å². The number of fused-ring (bicyclic) bond motifs is 1. The van der Waals surface area contributed by atoms with Crippen molar-refractivity contribution in [2.45, 2.75) is 36.6 Å². The molecular formula is C15H18N6OS. The van der Waals surface area contributed by atoms with Gasteiger partial charge in [0.05, 0.1) is 5.25 Å². The summed E-state index contributed by atoms with van der Waals surface area (Å²) in [7, 11) is 0. The molecule has 1 unspecified atom stereocenters. The molecule has 1 atom stereocenters. The number of nitrogens with two attached hydrogens (primary N) is 2. The van der Waals surface area contributed by atoms with Crippen LogP contribution >= 0.6 is 11.8 Å². The molecule has 1 aliphatic carbocycles. The minimum Gasteiger partial charge on any atom is -0.368 e. The molecule has 23 heavy (non-hydrogen) atoms. The van der Waals surface area contributed by atoms with Gasteiger partial charge in [-0.05, 0) is 49.4 Å². The summed E-state index contributed by atoms with van der Waals surface area (Å²) in [4.78, 5) is 24.0. The van der Waals surface area contributed by atoms with Gasteiger partial charge in [0.15, 0.2) is 5.16 Å². The predicted octanol–water partition coefficient (Wildman–Crippen LogP) is 1.64. The second-order valence-electron chi connectivity index (χ2n) is 5.42. The van der Waals surface area contributed by atoms with Gasteiger partial charge in [-0.25, -0.2) is 0 Å². The molecule has 8 heteroatoms. The Bertz CT molecular complexity index is 730. The zero-order valence-electron chi connectivity index (χ0n) is 12.7. The van der Waals surface area contributed by atoms with Crippen LogP contribution in [0.25, 0.3) is 0 Å². The Kier molecular flexibility index (Phi) is 4.33. The minimum absolute atomic E-state index is 0.0474. The molecule has 120 valence electrons. The Hall–Kier alpha value is -2.35. The monoisotopic (exact) mass is 330 g/mol. The number of nitrogens with one attached hydrogen (secondary N) is 1. The van der Waals surface area contributed by atoms with Crippen molar-refractivity contribution in [2.24, 2.45) is 0 Å². The molecule has 7 nitrogen and oxygen atoms in total. The number of carbonyl (C=O) groups is 1. The van der Waals surface area contributed by atoms with E-state index < -0.39 is 0 Å². The van der Waals surface area contributed by atoms with E-state index in [1.807, 2.05) is 6.07 Å². The highest BCUT2D eigenvalue weighted by Crippen LogP contribution is 2.26. The number of hydrogen-bond donors (Lipinski definition) is 3. The molecule has 0 fully saturated rings. The average molecular weight is 330 g/mol. The Morgan fingerprint density at radius 2 is 1.87 bits per heavy atom. The summed E-state index contributed by atoms with van der Waals surface area (Å²) >= 11 is 1.19.